The van der Waals surface area contributed by atoms with Gasteiger partial charge in [-0.2, -0.15) is 0 Å². The van der Waals surface area contributed by atoms with Gasteiger partial charge in [0.15, 0.2) is 5.78 Å². The minimum atomic E-state index is 0.225. The Labute approximate surface area is 127 Å². The van der Waals surface area contributed by atoms with Crippen LogP contribution in [0.5, 0.6) is 5.75 Å². The molecule has 0 atom stereocenters. The number of carbonyl (C=O) groups is 1. The molecule has 1 aliphatic carbocycles. The Hall–Kier alpha value is -1.35. The molecule has 21 heavy (non-hydrogen) atoms. The SMILES string of the molecule is CN(CC(=O)c1ccc2c(c1)CCO2)CC1CCCCC1. The van der Waals surface area contributed by atoms with Crippen molar-refractivity contribution < 1.29 is 9.53 Å². The third-order valence-electron chi connectivity index (χ3n) is 4.72. The molecule has 0 aromatic heterocycles. The Morgan fingerprint density at radius 2 is 2.10 bits per heavy atom. The fourth-order valence-corrected chi connectivity index (χ4v) is 3.57. The van der Waals surface area contributed by atoms with Crippen LogP contribution < -0.4 is 4.74 Å². The van der Waals surface area contributed by atoms with Crippen molar-refractivity contribution in [2.24, 2.45) is 5.92 Å². The molecule has 1 aliphatic heterocycles. The highest BCUT2D eigenvalue weighted by Gasteiger charge is 2.19. The van der Waals surface area contributed by atoms with E-state index in [4.69, 9.17) is 4.74 Å². The normalized spacial score (nSPS) is 18.6. The average Bonchev–Trinajstić information content (AvgIpc) is 2.95. The van der Waals surface area contributed by atoms with Gasteiger partial charge in [0.05, 0.1) is 13.2 Å². The molecule has 2 aliphatic rings. The van der Waals surface area contributed by atoms with Gasteiger partial charge in [-0.15, -0.1) is 0 Å². The number of ketones is 1. The maximum atomic E-state index is 12.4. The van der Waals surface area contributed by atoms with Crippen LogP contribution in [0, 0.1) is 5.92 Å². The van der Waals surface area contributed by atoms with E-state index in [-0.39, 0.29) is 5.78 Å². The third-order valence-corrected chi connectivity index (χ3v) is 4.72. The van der Waals surface area contributed by atoms with E-state index >= 15 is 0 Å². The summed E-state index contributed by atoms with van der Waals surface area (Å²) in [4.78, 5) is 14.6. The molecule has 0 unspecified atom stereocenters. The van der Waals surface area contributed by atoms with Gasteiger partial charge in [0, 0.05) is 18.5 Å². The highest BCUT2D eigenvalue weighted by molar-refractivity contribution is 5.98. The molecule has 114 valence electrons. The molecule has 1 heterocycles. The largest absolute Gasteiger partial charge is 0.493 e. The van der Waals surface area contributed by atoms with Gasteiger partial charge in [-0.05, 0) is 49.6 Å². The van der Waals surface area contributed by atoms with Gasteiger partial charge >= 0.3 is 0 Å². The lowest BCUT2D eigenvalue weighted by molar-refractivity contribution is 0.0932. The van der Waals surface area contributed by atoms with Crippen molar-refractivity contribution in [3.05, 3.63) is 29.3 Å². The summed E-state index contributed by atoms with van der Waals surface area (Å²) in [5.41, 5.74) is 2.01. The predicted octanol–water partition coefficient (Wildman–Crippen LogP) is 3.32. The molecular formula is C18H25NO2. The van der Waals surface area contributed by atoms with E-state index in [1.54, 1.807) is 0 Å². The van der Waals surface area contributed by atoms with Crippen molar-refractivity contribution in [1.29, 1.82) is 0 Å². The van der Waals surface area contributed by atoms with E-state index in [2.05, 4.69) is 11.9 Å². The maximum absolute atomic E-state index is 12.4. The van der Waals surface area contributed by atoms with Crippen LogP contribution in [0.2, 0.25) is 0 Å². The summed E-state index contributed by atoms with van der Waals surface area (Å²) in [7, 11) is 2.07. The Bertz CT molecular complexity index is 506. The average molecular weight is 287 g/mol. The van der Waals surface area contributed by atoms with Gasteiger partial charge in [0.25, 0.3) is 0 Å². The van der Waals surface area contributed by atoms with Crippen LogP contribution in [0.25, 0.3) is 0 Å². The summed E-state index contributed by atoms with van der Waals surface area (Å²) in [6.07, 6.45) is 7.68. The number of fused-ring (bicyclic) bond motifs is 1. The second-order valence-electron chi connectivity index (χ2n) is 6.54. The Balaban J connectivity index is 1.55. The molecule has 0 radical (unpaired) electrons. The fourth-order valence-electron chi connectivity index (χ4n) is 3.57. The standard InChI is InChI=1S/C18H25NO2/c1-19(12-14-5-3-2-4-6-14)13-17(20)15-7-8-18-16(11-15)9-10-21-18/h7-8,11,14H,2-6,9-10,12-13H2,1H3. The number of Topliss-reactive ketones (excluding diaryl/α,β-unsaturated/α-hetero) is 1. The van der Waals surface area contributed by atoms with Crippen LogP contribution in [0.4, 0.5) is 0 Å². The van der Waals surface area contributed by atoms with Crippen LogP contribution in [0.1, 0.15) is 48.0 Å². The molecule has 0 amide bonds. The molecule has 1 aromatic carbocycles. The molecule has 1 saturated carbocycles. The number of ether oxygens (including phenoxy) is 1. The van der Waals surface area contributed by atoms with Gasteiger partial charge in [0.2, 0.25) is 0 Å². The van der Waals surface area contributed by atoms with Crippen molar-refractivity contribution in [3.8, 4) is 5.75 Å². The molecule has 0 bridgehead atoms. The van der Waals surface area contributed by atoms with Crippen LogP contribution in [0.15, 0.2) is 18.2 Å². The van der Waals surface area contributed by atoms with E-state index in [9.17, 15) is 4.79 Å². The number of likely N-dealkylation sites (N-methyl/N-ethyl adjacent to an activating group) is 1. The van der Waals surface area contributed by atoms with Crippen molar-refractivity contribution in [1.82, 2.24) is 4.90 Å². The highest BCUT2D eigenvalue weighted by atomic mass is 16.5. The zero-order valence-electron chi connectivity index (χ0n) is 12.9. The molecule has 0 N–H and O–H groups in total. The van der Waals surface area contributed by atoms with Gasteiger partial charge in [-0.3, -0.25) is 9.69 Å². The first-order valence-electron chi connectivity index (χ1n) is 8.20. The van der Waals surface area contributed by atoms with Crippen molar-refractivity contribution >= 4 is 5.78 Å². The molecule has 3 heteroatoms. The summed E-state index contributed by atoms with van der Waals surface area (Å²) in [6, 6.07) is 5.86. The van der Waals surface area contributed by atoms with E-state index < -0.39 is 0 Å². The monoisotopic (exact) mass is 287 g/mol. The number of hydrogen-bond acceptors (Lipinski definition) is 3. The van der Waals surface area contributed by atoms with Crippen LogP contribution in [0.3, 0.4) is 0 Å². The number of hydrogen-bond donors (Lipinski definition) is 0. The molecule has 1 aromatic rings. The Kier molecular flexibility index (Phi) is 4.59. The number of benzene rings is 1. The lowest BCUT2D eigenvalue weighted by Crippen LogP contribution is -2.31. The fraction of sp³-hybridized carbons (Fsp3) is 0.611. The summed E-state index contributed by atoms with van der Waals surface area (Å²) in [5.74, 6) is 1.95. The minimum Gasteiger partial charge on any atom is -0.493 e. The van der Waals surface area contributed by atoms with Gasteiger partial charge in [-0.1, -0.05) is 19.3 Å². The van der Waals surface area contributed by atoms with E-state index in [1.165, 1.54) is 37.7 Å². The van der Waals surface area contributed by atoms with Crippen LogP contribution in [-0.4, -0.2) is 37.4 Å². The third kappa shape index (κ3) is 3.65. The number of carbonyl (C=O) groups excluding carboxylic acids is 1. The Morgan fingerprint density at radius 3 is 2.90 bits per heavy atom. The molecule has 3 nitrogen and oxygen atoms in total. The first-order valence-corrected chi connectivity index (χ1v) is 8.20. The van der Waals surface area contributed by atoms with Crippen molar-refractivity contribution in [2.45, 2.75) is 38.5 Å². The lowest BCUT2D eigenvalue weighted by atomic mass is 9.89. The first-order chi connectivity index (χ1) is 10.2. The summed E-state index contributed by atoms with van der Waals surface area (Å²) in [6.45, 7) is 2.32. The lowest BCUT2D eigenvalue weighted by Gasteiger charge is -2.26. The van der Waals surface area contributed by atoms with Gasteiger partial charge < -0.3 is 4.74 Å². The second-order valence-corrected chi connectivity index (χ2v) is 6.54. The minimum absolute atomic E-state index is 0.225. The van der Waals surface area contributed by atoms with E-state index in [0.29, 0.717) is 6.54 Å². The van der Waals surface area contributed by atoms with Crippen molar-refractivity contribution in [3.63, 3.8) is 0 Å². The van der Waals surface area contributed by atoms with E-state index in [0.717, 1.165) is 36.8 Å². The quantitative estimate of drug-likeness (QED) is 0.778. The second kappa shape index (κ2) is 6.61. The summed E-state index contributed by atoms with van der Waals surface area (Å²) >= 11 is 0. The summed E-state index contributed by atoms with van der Waals surface area (Å²) < 4.78 is 5.49. The molecular weight excluding hydrogens is 262 g/mol. The molecule has 0 spiro atoms. The summed E-state index contributed by atoms with van der Waals surface area (Å²) in [5, 5.41) is 0. The number of nitrogens with zero attached hydrogens (tertiary/aromatic N) is 1. The van der Waals surface area contributed by atoms with Crippen LogP contribution >= 0.6 is 0 Å². The van der Waals surface area contributed by atoms with Crippen molar-refractivity contribution in [2.75, 3.05) is 26.7 Å². The smallest absolute Gasteiger partial charge is 0.176 e. The molecule has 1 fully saturated rings. The number of rotatable bonds is 5. The topological polar surface area (TPSA) is 29.5 Å². The van der Waals surface area contributed by atoms with Crippen LogP contribution in [-0.2, 0) is 6.42 Å². The van der Waals surface area contributed by atoms with Gasteiger partial charge in [-0.25, -0.2) is 0 Å². The van der Waals surface area contributed by atoms with E-state index in [1.807, 2.05) is 18.2 Å². The molecule has 3 rings (SSSR count). The predicted molar refractivity (Wildman–Crippen MR) is 84.0 cm³/mol. The first kappa shape index (κ1) is 14.6. The maximum Gasteiger partial charge on any atom is 0.176 e. The molecule has 0 saturated heterocycles. The van der Waals surface area contributed by atoms with Gasteiger partial charge in [0.1, 0.15) is 5.75 Å². The Morgan fingerprint density at radius 1 is 1.29 bits per heavy atom. The zero-order valence-corrected chi connectivity index (χ0v) is 12.9. The zero-order chi connectivity index (χ0) is 14.7. The highest BCUT2D eigenvalue weighted by Crippen LogP contribution is 2.26.